The molecule has 178 valence electrons. The maximum atomic E-state index is 12.0. The fourth-order valence-corrected chi connectivity index (χ4v) is 2.78. The molecule has 0 bridgehead atoms. The van der Waals surface area contributed by atoms with E-state index in [0.29, 0.717) is 24.9 Å². The molecule has 2 amide bonds. The molecule has 0 aliphatic rings. The number of nitro benzene ring substituents is 1. The molecule has 0 spiro atoms. The monoisotopic (exact) mass is 453 g/mol. The number of nitro groups is 1. The van der Waals surface area contributed by atoms with Crippen molar-refractivity contribution in [3.05, 3.63) is 39.9 Å². The van der Waals surface area contributed by atoms with Crippen molar-refractivity contribution in [3.63, 3.8) is 0 Å². The number of hydrogen-bond donors (Lipinski definition) is 3. The first-order valence-corrected chi connectivity index (χ1v) is 10.3. The van der Waals surface area contributed by atoms with Crippen molar-refractivity contribution in [2.75, 3.05) is 13.2 Å². The summed E-state index contributed by atoms with van der Waals surface area (Å²) in [6.07, 6.45) is -0.412. The van der Waals surface area contributed by atoms with Gasteiger partial charge in [-0.3, -0.25) is 10.1 Å². The molecule has 1 unspecified atom stereocenters. The average molecular weight is 453 g/mol. The van der Waals surface area contributed by atoms with Gasteiger partial charge in [-0.2, -0.15) is 0 Å². The number of nitrogens with zero attached hydrogens (tertiary/aromatic N) is 1. The van der Waals surface area contributed by atoms with E-state index in [2.05, 4.69) is 10.6 Å². The summed E-state index contributed by atoms with van der Waals surface area (Å²) >= 11 is 0. The number of hydrogen-bond acceptors (Lipinski definition) is 7. The van der Waals surface area contributed by atoms with Gasteiger partial charge in [-0.05, 0) is 40.0 Å². The van der Waals surface area contributed by atoms with E-state index < -0.39 is 40.6 Å². The lowest BCUT2D eigenvalue weighted by molar-refractivity contribution is -0.385. The molecular weight excluding hydrogens is 422 g/mol. The van der Waals surface area contributed by atoms with E-state index in [9.17, 15) is 29.6 Å². The Morgan fingerprint density at radius 3 is 2.41 bits per heavy atom. The summed E-state index contributed by atoms with van der Waals surface area (Å²) in [5.41, 5.74) is -0.268. The van der Waals surface area contributed by atoms with Crippen LogP contribution in [0.4, 0.5) is 15.3 Å². The van der Waals surface area contributed by atoms with E-state index in [1.807, 2.05) is 0 Å². The zero-order valence-electron chi connectivity index (χ0n) is 18.8. The number of carboxylic acid groups (broad SMARTS) is 1. The van der Waals surface area contributed by atoms with Gasteiger partial charge in [0.25, 0.3) is 5.69 Å². The lowest BCUT2D eigenvalue weighted by atomic mass is 10.0. The van der Waals surface area contributed by atoms with Crippen molar-refractivity contribution in [1.29, 1.82) is 0 Å². The van der Waals surface area contributed by atoms with Crippen LogP contribution in [0.15, 0.2) is 24.3 Å². The molecule has 0 fully saturated rings. The molecule has 11 heteroatoms. The third-order valence-electron chi connectivity index (χ3n) is 4.31. The Kier molecular flexibility index (Phi) is 10.4. The highest BCUT2D eigenvalue weighted by molar-refractivity contribution is 5.79. The van der Waals surface area contributed by atoms with Crippen LogP contribution < -0.4 is 10.6 Å². The Morgan fingerprint density at radius 2 is 1.81 bits per heavy atom. The number of carbonyl (C=O) groups excluding carboxylic acids is 2. The first-order chi connectivity index (χ1) is 14.9. The van der Waals surface area contributed by atoms with Gasteiger partial charge in [0.1, 0.15) is 18.2 Å². The van der Waals surface area contributed by atoms with Gasteiger partial charge >= 0.3 is 18.2 Å². The van der Waals surface area contributed by atoms with Gasteiger partial charge in [-0.25, -0.2) is 14.4 Å². The molecule has 11 nitrogen and oxygen atoms in total. The van der Waals surface area contributed by atoms with Crippen LogP contribution in [0.5, 0.6) is 0 Å². The van der Waals surface area contributed by atoms with Gasteiger partial charge in [0.05, 0.1) is 4.92 Å². The number of benzene rings is 1. The van der Waals surface area contributed by atoms with Crippen LogP contribution in [-0.4, -0.2) is 53.0 Å². The third kappa shape index (κ3) is 10.1. The molecule has 3 N–H and O–H groups in total. The highest BCUT2D eigenvalue weighted by Gasteiger charge is 2.23. The highest BCUT2D eigenvalue weighted by atomic mass is 16.6. The normalized spacial score (nSPS) is 12.9. The highest BCUT2D eigenvalue weighted by Crippen LogP contribution is 2.26. The number of rotatable bonds is 11. The molecule has 0 radical (unpaired) electrons. The maximum absolute atomic E-state index is 12.0. The smallest absolute Gasteiger partial charge is 0.407 e. The van der Waals surface area contributed by atoms with Crippen LogP contribution >= 0.6 is 0 Å². The number of carboxylic acids is 1. The lowest BCUT2D eigenvalue weighted by Gasteiger charge is -2.19. The van der Waals surface area contributed by atoms with Crippen molar-refractivity contribution in [2.24, 2.45) is 0 Å². The molecule has 1 aromatic rings. The third-order valence-corrected chi connectivity index (χ3v) is 4.31. The molecule has 0 aliphatic carbocycles. The Labute approximate surface area is 186 Å². The molecule has 1 aromatic carbocycles. The summed E-state index contributed by atoms with van der Waals surface area (Å²) in [7, 11) is 0. The SMILES string of the molecule is CC(COC(=O)N[C@@H](CCCCNC(=O)OC(C)(C)C)C(=O)O)c1ccccc1[N+](=O)[O-]. The predicted molar refractivity (Wildman–Crippen MR) is 116 cm³/mol. The summed E-state index contributed by atoms with van der Waals surface area (Å²) in [5, 5.41) is 25.3. The number of unbranched alkanes of at least 4 members (excludes halogenated alkanes) is 1. The van der Waals surface area contributed by atoms with Crippen LogP contribution in [-0.2, 0) is 14.3 Å². The number of amides is 2. The number of carbonyl (C=O) groups is 3. The number of alkyl carbamates (subject to hydrolysis) is 2. The minimum absolute atomic E-state index is 0.0765. The van der Waals surface area contributed by atoms with Crippen molar-refractivity contribution < 1.29 is 33.9 Å². The Balaban J connectivity index is 2.42. The van der Waals surface area contributed by atoms with Crippen molar-refractivity contribution >= 4 is 23.8 Å². The Bertz CT molecular complexity index is 806. The Hall–Kier alpha value is -3.37. The maximum Gasteiger partial charge on any atom is 0.407 e. The van der Waals surface area contributed by atoms with Gasteiger partial charge in [-0.15, -0.1) is 0 Å². The van der Waals surface area contributed by atoms with Gasteiger partial charge in [-0.1, -0.05) is 25.1 Å². The van der Waals surface area contributed by atoms with Crippen LogP contribution in [0.3, 0.4) is 0 Å². The first-order valence-electron chi connectivity index (χ1n) is 10.3. The molecular formula is C21H31N3O8. The topological polar surface area (TPSA) is 157 Å². The van der Waals surface area contributed by atoms with Gasteiger partial charge < -0.3 is 25.2 Å². The summed E-state index contributed by atoms with van der Waals surface area (Å²) in [5.74, 6) is -1.67. The van der Waals surface area contributed by atoms with Crippen molar-refractivity contribution in [2.45, 2.75) is 64.5 Å². The summed E-state index contributed by atoms with van der Waals surface area (Å²) in [4.78, 5) is 45.6. The molecule has 0 aromatic heterocycles. The molecule has 32 heavy (non-hydrogen) atoms. The molecule has 0 saturated heterocycles. The number of para-hydroxylation sites is 1. The molecule has 0 heterocycles. The molecule has 0 aliphatic heterocycles. The van der Waals surface area contributed by atoms with Crippen LogP contribution in [0, 0.1) is 10.1 Å². The second-order valence-corrected chi connectivity index (χ2v) is 8.28. The van der Waals surface area contributed by atoms with E-state index in [0.717, 1.165) is 0 Å². The first kappa shape index (κ1) is 26.7. The van der Waals surface area contributed by atoms with Gasteiger partial charge in [0.2, 0.25) is 0 Å². The zero-order chi connectivity index (χ0) is 24.3. The molecule has 1 rings (SSSR count). The van der Waals surface area contributed by atoms with Crippen LogP contribution in [0.25, 0.3) is 0 Å². The molecule has 0 saturated carbocycles. The lowest BCUT2D eigenvalue weighted by Crippen LogP contribution is -2.41. The van der Waals surface area contributed by atoms with E-state index in [4.69, 9.17) is 9.47 Å². The van der Waals surface area contributed by atoms with E-state index in [-0.39, 0.29) is 18.7 Å². The summed E-state index contributed by atoms with van der Waals surface area (Å²) < 4.78 is 10.2. The fourth-order valence-electron chi connectivity index (χ4n) is 2.78. The average Bonchev–Trinajstić information content (AvgIpc) is 2.69. The van der Waals surface area contributed by atoms with Crippen molar-refractivity contribution in [3.8, 4) is 0 Å². The Morgan fingerprint density at radius 1 is 1.16 bits per heavy atom. The van der Waals surface area contributed by atoms with E-state index >= 15 is 0 Å². The quantitative estimate of drug-likeness (QED) is 0.261. The second kappa shape index (κ2) is 12.5. The summed E-state index contributed by atoms with van der Waals surface area (Å²) in [6, 6.07) is 4.98. The fraction of sp³-hybridized carbons (Fsp3) is 0.571. The largest absolute Gasteiger partial charge is 0.480 e. The zero-order valence-corrected chi connectivity index (χ0v) is 18.8. The van der Waals surface area contributed by atoms with Crippen LogP contribution in [0.2, 0.25) is 0 Å². The summed E-state index contributed by atoms with van der Waals surface area (Å²) in [6.45, 7) is 7.06. The minimum Gasteiger partial charge on any atom is -0.480 e. The minimum atomic E-state index is -1.21. The van der Waals surface area contributed by atoms with E-state index in [1.54, 1.807) is 45.9 Å². The second-order valence-electron chi connectivity index (χ2n) is 8.28. The predicted octanol–water partition coefficient (Wildman–Crippen LogP) is 3.57. The van der Waals surface area contributed by atoms with Gasteiger partial charge in [0.15, 0.2) is 0 Å². The van der Waals surface area contributed by atoms with Crippen molar-refractivity contribution in [1.82, 2.24) is 10.6 Å². The standard InChI is InChI=1S/C21H31N3O8/c1-14(15-9-5-6-11-17(15)24(29)30)13-31-20(28)23-16(18(25)26)10-7-8-12-22-19(27)32-21(2,3)4/h5-6,9,11,14,16H,7-8,10,12-13H2,1-4H3,(H,22,27)(H,23,28)(H,25,26)/t14?,16-/m0/s1. The van der Waals surface area contributed by atoms with Crippen LogP contribution in [0.1, 0.15) is 58.4 Å². The number of ether oxygens (including phenoxy) is 2. The number of nitrogens with one attached hydrogen (secondary N) is 2. The molecule has 2 atom stereocenters. The number of aliphatic carboxylic acids is 1. The van der Waals surface area contributed by atoms with Gasteiger partial charge in [0, 0.05) is 24.1 Å². The van der Waals surface area contributed by atoms with E-state index in [1.165, 1.54) is 6.07 Å².